The third-order valence-corrected chi connectivity index (χ3v) is 4.42. The molecule has 0 atom stereocenters. The zero-order chi connectivity index (χ0) is 13.4. The zero-order valence-electron chi connectivity index (χ0n) is 10.6. The van der Waals surface area contributed by atoms with Crippen molar-refractivity contribution in [1.82, 2.24) is 4.98 Å². The molecule has 19 heavy (non-hydrogen) atoms. The first-order valence-electron chi connectivity index (χ1n) is 6.37. The number of nitrogens with zero attached hydrogens (tertiary/aromatic N) is 2. The van der Waals surface area contributed by atoms with Gasteiger partial charge in [0, 0.05) is 18.5 Å². The van der Waals surface area contributed by atoms with E-state index in [4.69, 9.17) is 14.6 Å². The maximum absolute atomic E-state index is 10.9. The number of ether oxygens (including phenoxy) is 2. The highest BCUT2D eigenvalue weighted by Gasteiger charge is 2.32. The van der Waals surface area contributed by atoms with Gasteiger partial charge in [0.15, 0.2) is 11.4 Å². The molecule has 104 valence electrons. The van der Waals surface area contributed by atoms with Gasteiger partial charge in [-0.1, -0.05) is 0 Å². The summed E-state index contributed by atoms with van der Waals surface area (Å²) in [5, 5.41) is 11.8. The number of hydrogen-bond donors (Lipinski definition) is 1. The Hall–Kier alpha value is -1.18. The Morgan fingerprint density at radius 1 is 1.47 bits per heavy atom. The summed E-state index contributed by atoms with van der Waals surface area (Å²) in [4.78, 5) is 17.5. The number of carbonyl (C=O) groups is 1. The second-order valence-electron chi connectivity index (χ2n) is 4.83. The SMILES string of the molecule is CC1OC(c2csc(N3CCC(C(=O)O)CC3)n2)O1. The average molecular weight is 284 g/mol. The number of aliphatic carboxylic acids is 1. The highest BCUT2D eigenvalue weighted by Crippen LogP contribution is 2.34. The van der Waals surface area contributed by atoms with Crippen molar-refractivity contribution in [3.63, 3.8) is 0 Å². The molecule has 0 spiro atoms. The standard InChI is InChI=1S/C12H16N2O4S/c1-7-17-11(18-7)9-6-19-12(13-9)14-4-2-8(3-5-14)10(15)16/h6-8,11H,2-5H2,1H3,(H,15,16). The summed E-state index contributed by atoms with van der Waals surface area (Å²) in [6.07, 6.45) is 0.869. The Kier molecular flexibility index (Phi) is 3.42. The molecular weight excluding hydrogens is 268 g/mol. The highest BCUT2D eigenvalue weighted by molar-refractivity contribution is 7.13. The second kappa shape index (κ2) is 5.07. The molecule has 0 radical (unpaired) electrons. The third kappa shape index (κ3) is 2.58. The lowest BCUT2D eigenvalue weighted by Gasteiger charge is -2.32. The average Bonchev–Trinajstić information content (AvgIpc) is 2.84. The van der Waals surface area contributed by atoms with Gasteiger partial charge < -0.3 is 19.5 Å². The first-order chi connectivity index (χ1) is 9.13. The molecule has 0 amide bonds. The van der Waals surface area contributed by atoms with Crippen LogP contribution in [0.2, 0.25) is 0 Å². The molecule has 1 aromatic rings. The largest absolute Gasteiger partial charge is 0.481 e. The van der Waals surface area contributed by atoms with E-state index in [1.165, 1.54) is 0 Å². The van der Waals surface area contributed by atoms with Crippen molar-refractivity contribution in [1.29, 1.82) is 0 Å². The Morgan fingerprint density at radius 3 is 2.74 bits per heavy atom. The Balaban J connectivity index is 1.60. The van der Waals surface area contributed by atoms with Crippen molar-refractivity contribution < 1.29 is 19.4 Å². The molecule has 7 heteroatoms. The zero-order valence-corrected chi connectivity index (χ0v) is 11.4. The summed E-state index contributed by atoms with van der Waals surface area (Å²) >= 11 is 1.55. The monoisotopic (exact) mass is 284 g/mol. The van der Waals surface area contributed by atoms with Gasteiger partial charge in [-0.25, -0.2) is 4.98 Å². The lowest BCUT2D eigenvalue weighted by atomic mass is 9.98. The van der Waals surface area contributed by atoms with E-state index < -0.39 is 5.97 Å². The summed E-state index contributed by atoms with van der Waals surface area (Å²) in [5.74, 6) is -0.903. The van der Waals surface area contributed by atoms with Crippen molar-refractivity contribution in [2.45, 2.75) is 32.3 Å². The molecule has 2 aliphatic heterocycles. The Labute approximate surface area is 115 Å². The summed E-state index contributed by atoms with van der Waals surface area (Å²) in [6.45, 7) is 3.33. The van der Waals surface area contributed by atoms with Gasteiger partial charge in [0.25, 0.3) is 0 Å². The molecule has 2 aliphatic rings. The van der Waals surface area contributed by atoms with Crippen LogP contribution in [0.5, 0.6) is 0 Å². The Bertz CT molecular complexity index is 464. The molecule has 6 nitrogen and oxygen atoms in total. The van der Waals surface area contributed by atoms with Crippen LogP contribution >= 0.6 is 11.3 Å². The maximum Gasteiger partial charge on any atom is 0.306 e. The van der Waals surface area contributed by atoms with Gasteiger partial charge in [-0.05, 0) is 19.8 Å². The molecule has 3 heterocycles. The van der Waals surface area contributed by atoms with Crippen LogP contribution in [0.4, 0.5) is 5.13 Å². The van der Waals surface area contributed by atoms with Gasteiger partial charge in [0.05, 0.1) is 5.92 Å². The number of aromatic nitrogens is 1. The fourth-order valence-corrected chi connectivity index (χ4v) is 3.22. The molecule has 2 fully saturated rings. The van der Waals surface area contributed by atoms with Crippen LogP contribution in [0, 0.1) is 5.92 Å². The first kappa shape index (κ1) is 12.8. The first-order valence-corrected chi connectivity index (χ1v) is 7.25. The van der Waals surface area contributed by atoms with Gasteiger partial charge in [0.2, 0.25) is 6.29 Å². The third-order valence-electron chi connectivity index (χ3n) is 3.50. The van der Waals surface area contributed by atoms with Crippen LogP contribution < -0.4 is 4.90 Å². The van der Waals surface area contributed by atoms with E-state index in [-0.39, 0.29) is 18.5 Å². The van der Waals surface area contributed by atoms with Crippen LogP contribution in [-0.2, 0) is 14.3 Å². The molecule has 1 N–H and O–H groups in total. The molecule has 0 aromatic carbocycles. The summed E-state index contributed by atoms with van der Waals surface area (Å²) in [7, 11) is 0. The van der Waals surface area contributed by atoms with Crippen molar-refractivity contribution in [3.05, 3.63) is 11.1 Å². The van der Waals surface area contributed by atoms with Crippen LogP contribution in [0.25, 0.3) is 0 Å². The van der Waals surface area contributed by atoms with Crippen molar-refractivity contribution in [2.24, 2.45) is 5.92 Å². The van der Waals surface area contributed by atoms with Gasteiger partial charge in [-0.2, -0.15) is 0 Å². The number of carboxylic acid groups (broad SMARTS) is 1. The van der Waals surface area contributed by atoms with E-state index in [1.807, 2.05) is 12.3 Å². The number of thiazole rings is 1. The summed E-state index contributed by atoms with van der Waals surface area (Å²) in [5.41, 5.74) is 0.804. The number of rotatable bonds is 3. The molecule has 0 unspecified atom stereocenters. The van der Waals surface area contributed by atoms with Crippen molar-refractivity contribution in [2.75, 3.05) is 18.0 Å². The fourth-order valence-electron chi connectivity index (χ4n) is 2.35. The summed E-state index contributed by atoms with van der Waals surface area (Å²) < 4.78 is 10.8. The van der Waals surface area contributed by atoms with Crippen molar-refractivity contribution >= 4 is 22.4 Å². The minimum Gasteiger partial charge on any atom is -0.481 e. The van der Waals surface area contributed by atoms with E-state index in [1.54, 1.807) is 11.3 Å². The topological polar surface area (TPSA) is 71.9 Å². The van der Waals surface area contributed by atoms with E-state index >= 15 is 0 Å². The smallest absolute Gasteiger partial charge is 0.306 e. The normalized spacial score (nSPS) is 28.2. The Morgan fingerprint density at radius 2 is 2.16 bits per heavy atom. The van der Waals surface area contributed by atoms with Gasteiger partial charge in [-0.3, -0.25) is 4.79 Å². The van der Waals surface area contributed by atoms with Crippen LogP contribution in [0.3, 0.4) is 0 Å². The molecule has 3 rings (SSSR count). The number of carboxylic acids is 1. The number of anilines is 1. The quantitative estimate of drug-likeness (QED) is 0.913. The highest BCUT2D eigenvalue weighted by atomic mass is 32.1. The van der Waals surface area contributed by atoms with E-state index in [2.05, 4.69) is 9.88 Å². The molecular formula is C12H16N2O4S. The predicted molar refractivity (Wildman–Crippen MR) is 69.1 cm³/mol. The van der Waals surface area contributed by atoms with E-state index in [0.29, 0.717) is 12.8 Å². The fraction of sp³-hybridized carbons (Fsp3) is 0.667. The molecule has 0 bridgehead atoms. The minimum absolute atomic E-state index is 0.151. The molecule has 1 aromatic heterocycles. The van der Waals surface area contributed by atoms with Crippen LogP contribution in [-0.4, -0.2) is 35.4 Å². The predicted octanol–water partition coefficient (Wildman–Crippen LogP) is 1.84. The van der Waals surface area contributed by atoms with Gasteiger partial charge in [0.1, 0.15) is 5.69 Å². The maximum atomic E-state index is 10.9. The van der Waals surface area contributed by atoms with Crippen LogP contribution in [0.15, 0.2) is 5.38 Å². The second-order valence-corrected chi connectivity index (χ2v) is 5.66. The minimum atomic E-state index is -0.690. The van der Waals surface area contributed by atoms with E-state index in [9.17, 15) is 4.79 Å². The number of hydrogen-bond acceptors (Lipinski definition) is 6. The van der Waals surface area contributed by atoms with Gasteiger partial charge >= 0.3 is 5.97 Å². The lowest BCUT2D eigenvalue weighted by molar-refractivity contribution is -0.383. The summed E-state index contributed by atoms with van der Waals surface area (Å²) in [6, 6.07) is 0. The van der Waals surface area contributed by atoms with Crippen LogP contribution in [0.1, 0.15) is 31.7 Å². The van der Waals surface area contributed by atoms with Crippen molar-refractivity contribution in [3.8, 4) is 0 Å². The molecule has 0 aliphatic carbocycles. The molecule has 0 saturated carbocycles. The lowest BCUT2D eigenvalue weighted by Crippen LogP contribution is -2.36. The number of piperidine rings is 1. The molecule has 2 saturated heterocycles. The van der Waals surface area contributed by atoms with Gasteiger partial charge in [-0.15, -0.1) is 11.3 Å². The van der Waals surface area contributed by atoms with E-state index in [0.717, 1.165) is 23.9 Å².